The number of hydrogen-bond donors (Lipinski definition) is 0. The molecule has 6 nitrogen and oxygen atoms in total. The van der Waals surface area contributed by atoms with Crippen LogP contribution in [0.1, 0.15) is 5.56 Å². The Morgan fingerprint density at radius 3 is 2.24 bits per heavy atom. The monoisotopic (exact) mass is 357 g/mol. The summed E-state index contributed by atoms with van der Waals surface area (Å²) in [6.45, 7) is 1.99. The zero-order valence-electron chi connectivity index (χ0n) is 13.9. The third-order valence-corrected chi connectivity index (χ3v) is 6.20. The van der Waals surface area contributed by atoms with E-state index in [0.717, 1.165) is 11.4 Å². The topological polar surface area (TPSA) is 73.6 Å². The second-order valence-electron chi connectivity index (χ2n) is 5.70. The first kappa shape index (κ1) is 17.3. The summed E-state index contributed by atoms with van der Waals surface area (Å²) in [5.74, 6) is 0.783. The highest BCUT2D eigenvalue weighted by atomic mass is 32.2. The van der Waals surface area contributed by atoms with Crippen LogP contribution in [0, 0.1) is 11.3 Å². The van der Waals surface area contributed by atoms with Crippen molar-refractivity contribution in [2.75, 3.05) is 38.2 Å². The Morgan fingerprint density at radius 1 is 1.00 bits per heavy atom. The molecule has 0 saturated carbocycles. The third kappa shape index (κ3) is 3.45. The molecule has 1 aliphatic rings. The van der Waals surface area contributed by atoms with Crippen LogP contribution in [0.15, 0.2) is 53.4 Å². The standard InChI is InChI=1S/C18H19N3O3S/c1-24-18-5-3-2-4-17(18)20-10-12-21(13-11-20)25(22,23)16-8-6-15(14-19)7-9-16/h2-9H,10-13H2,1H3. The number of anilines is 1. The third-order valence-electron chi connectivity index (χ3n) is 4.29. The highest BCUT2D eigenvalue weighted by Crippen LogP contribution is 2.29. The van der Waals surface area contributed by atoms with Crippen molar-refractivity contribution in [1.82, 2.24) is 4.31 Å². The van der Waals surface area contributed by atoms with Gasteiger partial charge in [-0.2, -0.15) is 9.57 Å². The van der Waals surface area contributed by atoms with E-state index in [1.54, 1.807) is 7.11 Å². The van der Waals surface area contributed by atoms with Gasteiger partial charge < -0.3 is 9.64 Å². The number of piperazine rings is 1. The van der Waals surface area contributed by atoms with E-state index in [0.29, 0.717) is 31.7 Å². The van der Waals surface area contributed by atoms with Gasteiger partial charge >= 0.3 is 0 Å². The SMILES string of the molecule is COc1ccccc1N1CCN(S(=O)(=O)c2ccc(C#N)cc2)CC1. The zero-order valence-corrected chi connectivity index (χ0v) is 14.7. The molecular weight excluding hydrogens is 338 g/mol. The van der Waals surface area contributed by atoms with Gasteiger partial charge in [0, 0.05) is 26.2 Å². The van der Waals surface area contributed by atoms with Crippen molar-refractivity contribution in [3.8, 4) is 11.8 Å². The molecule has 1 fully saturated rings. The second-order valence-corrected chi connectivity index (χ2v) is 7.64. The molecule has 0 bridgehead atoms. The predicted octanol–water partition coefficient (Wildman–Crippen LogP) is 2.08. The van der Waals surface area contributed by atoms with Crippen molar-refractivity contribution < 1.29 is 13.2 Å². The molecule has 1 heterocycles. The number of hydrogen-bond acceptors (Lipinski definition) is 5. The van der Waals surface area contributed by atoms with Crippen LogP contribution in [0.4, 0.5) is 5.69 Å². The molecule has 25 heavy (non-hydrogen) atoms. The van der Waals surface area contributed by atoms with Gasteiger partial charge in [0.2, 0.25) is 10.0 Å². The van der Waals surface area contributed by atoms with Crippen molar-refractivity contribution >= 4 is 15.7 Å². The maximum Gasteiger partial charge on any atom is 0.243 e. The molecule has 1 aliphatic heterocycles. The molecule has 0 aliphatic carbocycles. The molecule has 0 aromatic heterocycles. The van der Waals surface area contributed by atoms with E-state index in [4.69, 9.17) is 10.00 Å². The largest absolute Gasteiger partial charge is 0.495 e. The van der Waals surface area contributed by atoms with Crippen LogP contribution in [0.2, 0.25) is 0 Å². The van der Waals surface area contributed by atoms with Gasteiger partial charge in [-0.3, -0.25) is 0 Å². The number of nitrogens with zero attached hydrogens (tertiary/aromatic N) is 3. The van der Waals surface area contributed by atoms with Gasteiger partial charge in [0.25, 0.3) is 0 Å². The van der Waals surface area contributed by atoms with E-state index < -0.39 is 10.0 Å². The molecule has 2 aromatic carbocycles. The number of rotatable bonds is 4. The number of benzene rings is 2. The predicted molar refractivity (Wildman–Crippen MR) is 95.1 cm³/mol. The number of para-hydroxylation sites is 2. The average molecular weight is 357 g/mol. The van der Waals surface area contributed by atoms with Crippen molar-refractivity contribution in [3.05, 3.63) is 54.1 Å². The second kappa shape index (κ2) is 7.13. The summed E-state index contributed by atoms with van der Waals surface area (Å²) in [6.07, 6.45) is 0. The van der Waals surface area contributed by atoms with Crippen molar-refractivity contribution in [3.63, 3.8) is 0 Å². The summed E-state index contributed by atoms with van der Waals surface area (Å²) in [5.41, 5.74) is 1.42. The minimum atomic E-state index is -3.54. The Balaban J connectivity index is 1.74. The molecule has 0 unspecified atom stereocenters. The smallest absolute Gasteiger partial charge is 0.243 e. The van der Waals surface area contributed by atoms with Crippen LogP contribution >= 0.6 is 0 Å². The molecule has 1 saturated heterocycles. The minimum absolute atomic E-state index is 0.220. The molecule has 0 radical (unpaired) electrons. The number of ether oxygens (including phenoxy) is 1. The fourth-order valence-electron chi connectivity index (χ4n) is 2.91. The number of methoxy groups -OCH3 is 1. The van der Waals surface area contributed by atoms with Crippen LogP contribution in [0.5, 0.6) is 5.75 Å². The van der Waals surface area contributed by atoms with Crippen LogP contribution < -0.4 is 9.64 Å². The lowest BCUT2D eigenvalue weighted by Crippen LogP contribution is -2.48. The maximum absolute atomic E-state index is 12.8. The van der Waals surface area contributed by atoms with Gasteiger partial charge in [0.05, 0.1) is 29.3 Å². The van der Waals surface area contributed by atoms with E-state index in [9.17, 15) is 8.42 Å². The molecular formula is C18H19N3O3S. The lowest BCUT2D eigenvalue weighted by molar-refractivity contribution is 0.378. The first-order valence-electron chi connectivity index (χ1n) is 7.94. The summed E-state index contributed by atoms with van der Waals surface area (Å²) < 4.78 is 32.4. The van der Waals surface area contributed by atoms with E-state index in [1.165, 1.54) is 28.6 Å². The van der Waals surface area contributed by atoms with Gasteiger partial charge in [-0.05, 0) is 36.4 Å². The normalized spacial score (nSPS) is 15.6. The lowest BCUT2D eigenvalue weighted by atomic mass is 10.2. The molecule has 3 rings (SSSR count). The Labute approximate surface area is 147 Å². The van der Waals surface area contributed by atoms with Crippen molar-refractivity contribution in [1.29, 1.82) is 5.26 Å². The summed E-state index contributed by atoms with van der Waals surface area (Å²) >= 11 is 0. The Hall–Kier alpha value is -2.56. The van der Waals surface area contributed by atoms with Crippen LogP contribution in [0.25, 0.3) is 0 Å². The Kier molecular flexibility index (Phi) is 4.93. The summed E-state index contributed by atoms with van der Waals surface area (Å²) in [4.78, 5) is 2.35. The lowest BCUT2D eigenvalue weighted by Gasteiger charge is -2.35. The zero-order chi connectivity index (χ0) is 17.9. The summed E-state index contributed by atoms with van der Waals surface area (Å²) in [7, 11) is -1.91. The van der Waals surface area contributed by atoms with Gasteiger partial charge in [-0.15, -0.1) is 0 Å². The minimum Gasteiger partial charge on any atom is -0.495 e. The Bertz CT molecular complexity index is 881. The number of nitriles is 1. The highest BCUT2D eigenvalue weighted by Gasteiger charge is 2.29. The van der Waals surface area contributed by atoms with Gasteiger partial charge in [-0.25, -0.2) is 8.42 Å². The molecule has 0 spiro atoms. The van der Waals surface area contributed by atoms with Gasteiger partial charge in [0.1, 0.15) is 5.75 Å². The Morgan fingerprint density at radius 2 is 1.64 bits per heavy atom. The first-order valence-corrected chi connectivity index (χ1v) is 9.38. The summed E-state index contributed by atoms with van der Waals surface area (Å²) in [5, 5.41) is 8.83. The molecule has 0 atom stereocenters. The summed E-state index contributed by atoms with van der Waals surface area (Å²) in [6, 6.07) is 15.7. The fraction of sp³-hybridized carbons (Fsp3) is 0.278. The molecule has 130 valence electrons. The average Bonchev–Trinajstić information content (AvgIpc) is 2.68. The van der Waals surface area contributed by atoms with E-state index in [1.807, 2.05) is 30.3 Å². The van der Waals surface area contributed by atoms with Crippen LogP contribution in [0.3, 0.4) is 0 Å². The highest BCUT2D eigenvalue weighted by molar-refractivity contribution is 7.89. The maximum atomic E-state index is 12.8. The van der Waals surface area contributed by atoms with E-state index in [2.05, 4.69) is 4.90 Å². The molecule has 0 N–H and O–H groups in total. The van der Waals surface area contributed by atoms with Gasteiger partial charge in [-0.1, -0.05) is 12.1 Å². The fourth-order valence-corrected chi connectivity index (χ4v) is 4.33. The van der Waals surface area contributed by atoms with E-state index in [-0.39, 0.29) is 4.90 Å². The molecule has 7 heteroatoms. The first-order chi connectivity index (χ1) is 12.1. The number of sulfonamides is 1. The van der Waals surface area contributed by atoms with Crippen molar-refractivity contribution in [2.45, 2.75) is 4.90 Å². The van der Waals surface area contributed by atoms with Crippen molar-refractivity contribution in [2.24, 2.45) is 0 Å². The van der Waals surface area contributed by atoms with Crippen LogP contribution in [-0.4, -0.2) is 46.0 Å². The molecule has 0 amide bonds. The van der Waals surface area contributed by atoms with Gasteiger partial charge in [0.15, 0.2) is 0 Å². The van der Waals surface area contributed by atoms with E-state index >= 15 is 0 Å². The molecule has 2 aromatic rings. The van der Waals surface area contributed by atoms with Crippen LogP contribution in [-0.2, 0) is 10.0 Å². The quantitative estimate of drug-likeness (QED) is 0.838.